The molecule has 1 N–H and O–H groups in total. The molecule has 0 saturated carbocycles. The van der Waals surface area contributed by atoms with Crippen molar-refractivity contribution < 1.29 is 9.47 Å². The van der Waals surface area contributed by atoms with Crippen molar-refractivity contribution in [3.05, 3.63) is 28.5 Å². The van der Waals surface area contributed by atoms with Crippen LogP contribution < -0.4 is 5.32 Å². The van der Waals surface area contributed by atoms with Gasteiger partial charge in [-0.2, -0.15) is 0 Å². The molecular formula is C16H20BrN3O2. The van der Waals surface area contributed by atoms with Gasteiger partial charge in [-0.15, -0.1) is 0 Å². The van der Waals surface area contributed by atoms with Gasteiger partial charge in [-0.1, -0.05) is 6.92 Å². The standard InChI is InChI=1S/C16H20BrN3O2/c1-2-11-7-20(15-14(11)5-12(17)6-19-15)13-8-21-16(22-9-13)3-4-18-10-16/h5-7,13,18H,2-4,8-10H2,1H3. The van der Waals surface area contributed by atoms with Crippen molar-refractivity contribution in [2.24, 2.45) is 0 Å². The normalized spacial score (nSPS) is 28.7. The molecule has 1 spiro atoms. The molecule has 2 aliphatic heterocycles. The van der Waals surface area contributed by atoms with E-state index < -0.39 is 5.79 Å². The minimum atomic E-state index is -0.399. The second-order valence-electron chi connectivity index (χ2n) is 6.05. The minimum absolute atomic E-state index is 0.183. The van der Waals surface area contributed by atoms with E-state index in [4.69, 9.17) is 9.47 Å². The smallest absolute Gasteiger partial charge is 0.182 e. The Morgan fingerprint density at radius 3 is 2.95 bits per heavy atom. The third kappa shape index (κ3) is 2.38. The molecule has 0 aliphatic carbocycles. The number of nitrogens with one attached hydrogen (secondary N) is 1. The SMILES string of the molecule is CCc1cn(C2COC3(CCNC3)OC2)c2ncc(Br)cc12. The Balaban J connectivity index is 1.64. The molecule has 2 saturated heterocycles. The summed E-state index contributed by atoms with van der Waals surface area (Å²) < 4.78 is 15.4. The molecule has 2 fully saturated rings. The lowest BCUT2D eigenvalue weighted by atomic mass is 10.2. The van der Waals surface area contributed by atoms with Crippen molar-refractivity contribution in [1.82, 2.24) is 14.9 Å². The van der Waals surface area contributed by atoms with E-state index in [1.807, 2.05) is 6.20 Å². The van der Waals surface area contributed by atoms with Gasteiger partial charge in [-0.05, 0) is 34.0 Å². The number of nitrogens with zero attached hydrogens (tertiary/aromatic N) is 2. The molecule has 0 atom stereocenters. The van der Waals surface area contributed by atoms with Gasteiger partial charge in [-0.3, -0.25) is 0 Å². The molecule has 2 aliphatic rings. The highest BCUT2D eigenvalue weighted by molar-refractivity contribution is 9.10. The first-order chi connectivity index (χ1) is 10.7. The number of ether oxygens (including phenoxy) is 2. The fraction of sp³-hybridized carbons (Fsp3) is 0.562. The second-order valence-corrected chi connectivity index (χ2v) is 6.97. The monoisotopic (exact) mass is 365 g/mol. The van der Waals surface area contributed by atoms with Gasteiger partial charge in [0.05, 0.1) is 19.3 Å². The first-order valence-corrected chi connectivity index (χ1v) is 8.64. The van der Waals surface area contributed by atoms with Crippen LogP contribution in [0.3, 0.4) is 0 Å². The van der Waals surface area contributed by atoms with Crippen LogP contribution in [0.1, 0.15) is 24.9 Å². The van der Waals surface area contributed by atoms with Crippen LogP contribution in [-0.4, -0.2) is 41.6 Å². The van der Waals surface area contributed by atoms with E-state index in [2.05, 4.69) is 50.0 Å². The Labute approximate surface area is 138 Å². The van der Waals surface area contributed by atoms with E-state index in [-0.39, 0.29) is 6.04 Å². The maximum atomic E-state index is 6.07. The molecule has 5 nitrogen and oxygen atoms in total. The second kappa shape index (κ2) is 5.60. The predicted octanol–water partition coefficient (Wildman–Crippen LogP) is 2.64. The summed E-state index contributed by atoms with van der Waals surface area (Å²) in [5.74, 6) is -0.399. The minimum Gasteiger partial charge on any atom is -0.346 e. The number of hydrogen-bond donors (Lipinski definition) is 1. The van der Waals surface area contributed by atoms with Gasteiger partial charge in [0, 0.05) is 41.8 Å². The van der Waals surface area contributed by atoms with Crippen LogP contribution in [0.25, 0.3) is 11.0 Å². The van der Waals surface area contributed by atoms with Crippen molar-refractivity contribution in [2.45, 2.75) is 31.6 Å². The van der Waals surface area contributed by atoms with E-state index in [0.717, 1.165) is 36.1 Å². The zero-order valence-electron chi connectivity index (χ0n) is 12.6. The van der Waals surface area contributed by atoms with Gasteiger partial charge < -0.3 is 19.4 Å². The highest BCUT2D eigenvalue weighted by Crippen LogP contribution is 2.32. The van der Waals surface area contributed by atoms with Crippen molar-refractivity contribution in [1.29, 1.82) is 0 Å². The predicted molar refractivity (Wildman–Crippen MR) is 88.0 cm³/mol. The van der Waals surface area contributed by atoms with Gasteiger partial charge in [0.1, 0.15) is 5.65 Å². The highest BCUT2D eigenvalue weighted by Gasteiger charge is 2.40. The molecular weight excluding hydrogens is 346 g/mol. The highest BCUT2D eigenvalue weighted by atomic mass is 79.9. The quantitative estimate of drug-likeness (QED) is 0.888. The van der Waals surface area contributed by atoms with E-state index >= 15 is 0 Å². The van der Waals surface area contributed by atoms with Crippen molar-refractivity contribution in [3.63, 3.8) is 0 Å². The average molecular weight is 366 g/mol. The van der Waals surface area contributed by atoms with Crippen molar-refractivity contribution in [3.8, 4) is 0 Å². The van der Waals surface area contributed by atoms with Gasteiger partial charge in [0.25, 0.3) is 0 Å². The lowest BCUT2D eigenvalue weighted by Gasteiger charge is -2.37. The molecule has 0 aromatic carbocycles. The fourth-order valence-corrected chi connectivity index (χ4v) is 3.70. The number of rotatable bonds is 2. The number of pyridine rings is 1. The molecule has 2 aromatic heterocycles. The summed E-state index contributed by atoms with van der Waals surface area (Å²) in [4.78, 5) is 4.61. The summed E-state index contributed by atoms with van der Waals surface area (Å²) in [5.41, 5.74) is 2.32. The Bertz CT molecular complexity index is 684. The first-order valence-electron chi connectivity index (χ1n) is 7.84. The third-order valence-electron chi connectivity index (χ3n) is 4.65. The van der Waals surface area contributed by atoms with E-state index in [0.29, 0.717) is 13.2 Å². The Hall–Kier alpha value is -0.950. The molecule has 22 heavy (non-hydrogen) atoms. The third-order valence-corrected chi connectivity index (χ3v) is 5.08. The number of halogens is 1. The molecule has 6 heteroatoms. The van der Waals surface area contributed by atoms with Crippen LogP contribution in [-0.2, 0) is 15.9 Å². The summed E-state index contributed by atoms with van der Waals surface area (Å²) >= 11 is 3.51. The summed E-state index contributed by atoms with van der Waals surface area (Å²) in [6.07, 6.45) is 5.97. The van der Waals surface area contributed by atoms with Crippen molar-refractivity contribution in [2.75, 3.05) is 26.3 Å². The number of fused-ring (bicyclic) bond motifs is 1. The fourth-order valence-electron chi connectivity index (χ4n) is 3.37. The molecule has 4 rings (SSSR count). The number of aromatic nitrogens is 2. The van der Waals surface area contributed by atoms with Crippen LogP contribution >= 0.6 is 15.9 Å². The lowest BCUT2D eigenvalue weighted by molar-refractivity contribution is -0.267. The Morgan fingerprint density at radius 1 is 1.45 bits per heavy atom. The molecule has 0 bridgehead atoms. The Morgan fingerprint density at radius 2 is 2.27 bits per heavy atom. The van der Waals surface area contributed by atoms with Crippen LogP contribution in [0.15, 0.2) is 22.9 Å². The molecule has 2 aromatic rings. The first kappa shape index (κ1) is 14.6. The summed E-state index contributed by atoms with van der Waals surface area (Å²) in [7, 11) is 0. The zero-order valence-corrected chi connectivity index (χ0v) is 14.2. The molecule has 0 unspecified atom stereocenters. The number of hydrogen-bond acceptors (Lipinski definition) is 4. The molecule has 4 heterocycles. The van der Waals surface area contributed by atoms with Crippen LogP contribution in [0.5, 0.6) is 0 Å². The van der Waals surface area contributed by atoms with Gasteiger partial charge in [-0.25, -0.2) is 4.98 Å². The van der Waals surface area contributed by atoms with Crippen molar-refractivity contribution >= 4 is 27.0 Å². The van der Waals surface area contributed by atoms with Crippen LogP contribution in [0, 0.1) is 0 Å². The lowest BCUT2D eigenvalue weighted by Crippen LogP contribution is -2.46. The van der Waals surface area contributed by atoms with E-state index in [9.17, 15) is 0 Å². The largest absolute Gasteiger partial charge is 0.346 e. The van der Waals surface area contributed by atoms with Gasteiger partial charge >= 0.3 is 0 Å². The van der Waals surface area contributed by atoms with E-state index in [1.54, 1.807) is 0 Å². The maximum Gasteiger partial charge on any atom is 0.182 e. The summed E-state index contributed by atoms with van der Waals surface area (Å²) in [6, 6.07) is 2.33. The topological polar surface area (TPSA) is 48.3 Å². The van der Waals surface area contributed by atoms with E-state index in [1.165, 1.54) is 10.9 Å². The summed E-state index contributed by atoms with van der Waals surface area (Å²) in [6.45, 7) is 5.27. The molecule has 0 radical (unpaired) electrons. The van der Waals surface area contributed by atoms with Gasteiger partial charge in [0.15, 0.2) is 5.79 Å². The summed E-state index contributed by atoms with van der Waals surface area (Å²) in [5, 5.41) is 4.52. The van der Waals surface area contributed by atoms with Gasteiger partial charge in [0.2, 0.25) is 0 Å². The average Bonchev–Trinajstić information content (AvgIpc) is 3.13. The Kier molecular flexibility index (Phi) is 3.72. The number of aryl methyl sites for hydroxylation is 1. The van der Waals surface area contributed by atoms with Crippen LogP contribution in [0.4, 0.5) is 0 Å². The zero-order chi connectivity index (χ0) is 15.2. The molecule has 118 valence electrons. The maximum absolute atomic E-state index is 6.07. The molecule has 0 amide bonds. The van der Waals surface area contributed by atoms with Crippen LogP contribution in [0.2, 0.25) is 0 Å².